The molecule has 1 heterocycles. The van der Waals surface area contributed by atoms with E-state index in [0.29, 0.717) is 11.5 Å². The van der Waals surface area contributed by atoms with E-state index in [1.807, 2.05) is 13.8 Å². The Bertz CT molecular complexity index is 310. The van der Waals surface area contributed by atoms with Gasteiger partial charge < -0.3 is 0 Å². The summed E-state index contributed by atoms with van der Waals surface area (Å²) in [5.41, 5.74) is 0.529. The number of nitrogens with zero attached hydrogens (tertiary/aromatic N) is 2. The first kappa shape index (κ1) is 9.84. The van der Waals surface area contributed by atoms with Crippen LogP contribution in [0.25, 0.3) is 0 Å². The molecule has 1 rings (SSSR count). The van der Waals surface area contributed by atoms with E-state index in [4.69, 9.17) is 0 Å². The number of hydrogen-bond acceptors (Lipinski definition) is 3. The summed E-state index contributed by atoms with van der Waals surface area (Å²) >= 11 is 0. The highest BCUT2D eigenvalue weighted by Gasteiger charge is 2.14. The third-order valence-corrected chi connectivity index (χ3v) is 2.09. The smallest absolute Gasteiger partial charge is 0.184 e. The fourth-order valence-electron chi connectivity index (χ4n) is 1.03. The second kappa shape index (κ2) is 4.12. The summed E-state index contributed by atoms with van der Waals surface area (Å²) in [5, 5.41) is 0. The number of rotatable bonds is 3. The van der Waals surface area contributed by atoms with Crippen LogP contribution in [0.1, 0.15) is 36.6 Å². The third kappa shape index (κ3) is 2.34. The van der Waals surface area contributed by atoms with Gasteiger partial charge in [0.2, 0.25) is 0 Å². The molecule has 0 amide bonds. The van der Waals surface area contributed by atoms with Crippen molar-refractivity contribution in [3.05, 3.63) is 23.8 Å². The van der Waals surface area contributed by atoms with Crippen LogP contribution >= 0.6 is 0 Å². The fraction of sp³-hybridized carbons (Fsp3) is 0.500. The Hall–Kier alpha value is -1.25. The zero-order valence-corrected chi connectivity index (χ0v) is 8.24. The Labute approximate surface area is 78.2 Å². The first-order valence-corrected chi connectivity index (χ1v) is 4.49. The number of aromatic nitrogens is 2. The zero-order valence-electron chi connectivity index (χ0n) is 8.24. The van der Waals surface area contributed by atoms with E-state index in [2.05, 4.69) is 9.97 Å². The molecular formula is C10H14N2O. The standard InChI is InChI=1S/C10H14N2O/c1-4-7(2)10(13)9-5-6-11-8(3)12-9/h5-7H,4H2,1-3H3. The first-order chi connectivity index (χ1) is 6.15. The second-order valence-electron chi connectivity index (χ2n) is 3.16. The maximum absolute atomic E-state index is 11.6. The molecule has 3 heteroatoms. The van der Waals surface area contributed by atoms with Crippen LogP contribution in [-0.4, -0.2) is 15.8 Å². The lowest BCUT2D eigenvalue weighted by Gasteiger charge is -2.05. The molecule has 0 spiro atoms. The number of ketones is 1. The van der Waals surface area contributed by atoms with E-state index >= 15 is 0 Å². The molecule has 0 saturated carbocycles. The molecule has 1 aromatic heterocycles. The summed E-state index contributed by atoms with van der Waals surface area (Å²) in [5.74, 6) is 0.802. The average Bonchev–Trinajstić information content (AvgIpc) is 2.15. The normalized spacial score (nSPS) is 12.5. The molecule has 0 N–H and O–H groups in total. The molecule has 13 heavy (non-hydrogen) atoms. The Balaban J connectivity index is 2.89. The zero-order chi connectivity index (χ0) is 9.84. The van der Waals surface area contributed by atoms with Crippen molar-refractivity contribution in [2.45, 2.75) is 27.2 Å². The molecule has 1 aromatic rings. The van der Waals surface area contributed by atoms with Gasteiger partial charge >= 0.3 is 0 Å². The average molecular weight is 178 g/mol. The molecule has 1 atom stereocenters. The molecule has 3 nitrogen and oxygen atoms in total. The van der Waals surface area contributed by atoms with Crippen molar-refractivity contribution in [2.75, 3.05) is 0 Å². The van der Waals surface area contributed by atoms with Gasteiger partial charge in [-0.15, -0.1) is 0 Å². The van der Waals surface area contributed by atoms with E-state index < -0.39 is 0 Å². The van der Waals surface area contributed by atoms with Crippen LogP contribution in [0.2, 0.25) is 0 Å². The highest BCUT2D eigenvalue weighted by molar-refractivity contribution is 5.95. The summed E-state index contributed by atoms with van der Waals surface area (Å²) in [6, 6.07) is 1.67. The monoisotopic (exact) mass is 178 g/mol. The molecule has 0 bridgehead atoms. The van der Waals surface area contributed by atoms with Crippen molar-refractivity contribution in [3.63, 3.8) is 0 Å². The van der Waals surface area contributed by atoms with Gasteiger partial charge in [-0.1, -0.05) is 13.8 Å². The molecular weight excluding hydrogens is 164 g/mol. The first-order valence-electron chi connectivity index (χ1n) is 4.49. The van der Waals surface area contributed by atoms with Gasteiger partial charge in [-0.25, -0.2) is 9.97 Å². The van der Waals surface area contributed by atoms with Crippen LogP contribution in [0, 0.1) is 12.8 Å². The Kier molecular flexibility index (Phi) is 3.12. The summed E-state index contributed by atoms with van der Waals surface area (Å²) in [7, 11) is 0. The highest BCUT2D eigenvalue weighted by atomic mass is 16.1. The number of aryl methyl sites for hydroxylation is 1. The van der Waals surface area contributed by atoms with Crippen molar-refractivity contribution < 1.29 is 4.79 Å². The van der Waals surface area contributed by atoms with Crippen molar-refractivity contribution in [1.82, 2.24) is 9.97 Å². The molecule has 0 radical (unpaired) electrons. The minimum Gasteiger partial charge on any atom is -0.292 e. The summed E-state index contributed by atoms with van der Waals surface area (Å²) in [6.45, 7) is 5.70. The quantitative estimate of drug-likeness (QED) is 0.665. The van der Waals surface area contributed by atoms with Gasteiger partial charge in [0, 0.05) is 12.1 Å². The predicted octanol–water partition coefficient (Wildman–Crippen LogP) is 2.01. The number of hydrogen-bond donors (Lipinski definition) is 0. The number of Topliss-reactive ketones (excluding diaryl/α,β-unsaturated/α-hetero) is 1. The topological polar surface area (TPSA) is 42.9 Å². The van der Waals surface area contributed by atoms with Gasteiger partial charge in [-0.05, 0) is 19.4 Å². The van der Waals surface area contributed by atoms with Gasteiger partial charge in [-0.3, -0.25) is 4.79 Å². The molecule has 0 aromatic carbocycles. The predicted molar refractivity (Wildman–Crippen MR) is 50.6 cm³/mol. The van der Waals surface area contributed by atoms with Crippen molar-refractivity contribution in [1.29, 1.82) is 0 Å². The third-order valence-electron chi connectivity index (χ3n) is 2.09. The van der Waals surface area contributed by atoms with Gasteiger partial charge in [0.15, 0.2) is 5.78 Å². The molecule has 0 aliphatic rings. The maximum Gasteiger partial charge on any atom is 0.184 e. The Morgan fingerprint density at radius 2 is 2.31 bits per heavy atom. The van der Waals surface area contributed by atoms with Crippen LogP contribution in [0.4, 0.5) is 0 Å². The van der Waals surface area contributed by atoms with Crippen LogP contribution in [0.15, 0.2) is 12.3 Å². The van der Waals surface area contributed by atoms with Crippen molar-refractivity contribution in [3.8, 4) is 0 Å². The maximum atomic E-state index is 11.6. The van der Waals surface area contributed by atoms with Gasteiger partial charge in [0.05, 0.1) is 0 Å². The van der Waals surface area contributed by atoms with Crippen LogP contribution in [-0.2, 0) is 0 Å². The summed E-state index contributed by atoms with van der Waals surface area (Å²) in [4.78, 5) is 19.7. The SMILES string of the molecule is CCC(C)C(=O)c1ccnc(C)n1. The van der Waals surface area contributed by atoms with E-state index in [-0.39, 0.29) is 11.7 Å². The number of carbonyl (C=O) groups is 1. The van der Waals surface area contributed by atoms with Crippen LogP contribution in [0.5, 0.6) is 0 Å². The Morgan fingerprint density at radius 3 is 2.85 bits per heavy atom. The lowest BCUT2D eigenvalue weighted by molar-refractivity contribution is 0.0921. The van der Waals surface area contributed by atoms with Gasteiger partial charge in [0.1, 0.15) is 11.5 Å². The van der Waals surface area contributed by atoms with E-state index in [0.717, 1.165) is 6.42 Å². The Morgan fingerprint density at radius 1 is 1.62 bits per heavy atom. The van der Waals surface area contributed by atoms with E-state index in [1.165, 1.54) is 0 Å². The lowest BCUT2D eigenvalue weighted by Crippen LogP contribution is -2.12. The largest absolute Gasteiger partial charge is 0.292 e. The number of carbonyl (C=O) groups excluding carboxylic acids is 1. The highest BCUT2D eigenvalue weighted by Crippen LogP contribution is 2.08. The fourth-order valence-corrected chi connectivity index (χ4v) is 1.03. The molecule has 70 valence electrons. The second-order valence-corrected chi connectivity index (χ2v) is 3.16. The molecule has 0 saturated heterocycles. The lowest BCUT2D eigenvalue weighted by atomic mass is 10.0. The van der Waals surface area contributed by atoms with Gasteiger partial charge in [-0.2, -0.15) is 0 Å². The molecule has 0 aliphatic heterocycles. The summed E-state index contributed by atoms with van der Waals surface area (Å²) in [6.07, 6.45) is 2.47. The van der Waals surface area contributed by atoms with E-state index in [9.17, 15) is 4.79 Å². The molecule has 1 unspecified atom stereocenters. The minimum absolute atomic E-state index is 0.0503. The van der Waals surface area contributed by atoms with Crippen LogP contribution in [0.3, 0.4) is 0 Å². The van der Waals surface area contributed by atoms with E-state index in [1.54, 1.807) is 19.2 Å². The van der Waals surface area contributed by atoms with Crippen molar-refractivity contribution >= 4 is 5.78 Å². The summed E-state index contributed by atoms with van der Waals surface area (Å²) < 4.78 is 0. The van der Waals surface area contributed by atoms with Crippen molar-refractivity contribution in [2.24, 2.45) is 5.92 Å². The molecule has 0 aliphatic carbocycles. The van der Waals surface area contributed by atoms with Gasteiger partial charge in [0.25, 0.3) is 0 Å². The van der Waals surface area contributed by atoms with Crippen LogP contribution < -0.4 is 0 Å². The molecule has 0 fully saturated rings. The minimum atomic E-state index is 0.0503.